The van der Waals surface area contributed by atoms with Crippen LogP contribution in [0.4, 0.5) is 4.39 Å². The third kappa shape index (κ3) is 4.83. The number of hydrogen-bond donors (Lipinski definition) is 1. The first-order valence-corrected chi connectivity index (χ1v) is 8.88. The predicted octanol–water partition coefficient (Wildman–Crippen LogP) is 2.97. The number of hydrogen-bond acceptors (Lipinski definition) is 4. The number of amides is 1. The molecular weight excluding hydrogens is 339 g/mol. The van der Waals surface area contributed by atoms with Gasteiger partial charge in [0.05, 0.1) is 17.4 Å². The van der Waals surface area contributed by atoms with Crippen molar-refractivity contribution in [3.05, 3.63) is 30.1 Å². The molecule has 0 saturated carbocycles. The number of terminal acetylenes is 1. The molecule has 0 radical (unpaired) electrons. The molecule has 1 aromatic carbocycles. The standard InChI is InChI=1S/C18H21FN4OS/c1-5-10-20-17(24)13(4)25-18-22-21-16(23(18)11-12(2)3)14-8-6-7-9-15(14)19/h1,6-9,12-13H,10-11H2,2-4H3,(H,20,24). The summed E-state index contributed by atoms with van der Waals surface area (Å²) in [5.41, 5.74) is 0.395. The predicted molar refractivity (Wildman–Crippen MR) is 97.4 cm³/mol. The molecule has 0 aliphatic carbocycles. The number of benzene rings is 1. The minimum absolute atomic E-state index is 0.172. The van der Waals surface area contributed by atoms with Gasteiger partial charge in [-0.1, -0.05) is 43.7 Å². The lowest BCUT2D eigenvalue weighted by molar-refractivity contribution is -0.120. The van der Waals surface area contributed by atoms with Gasteiger partial charge in [-0.3, -0.25) is 4.79 Å². The van der Waals surface area contributed by atoms with Gasteiger partial charge in [0.1, 0.15) is 5.82 Å². The molecule has 1 unspecified atom stereocenters. The lowest BCUT2D eigenvalue weighted by atomic mass is 10.2. The normalized spacial score (nSPS) is 12.0. The van der Waals surface area contributed by atoms with Gasteiger partial charge < -0.3 is 9.88 Å². The van der Waals surface area contributed by atoms with Crippen molar-refractivity contribution in [2.45, 2.75) is 37.7 Å². The summed E-state index contributed by atoms with van der Waals surface area (Å²) in [7, 11) is 0. The molecule has 0 fully saturated rings. The monoisotopic (exact) mass is 360 g/mol. The van der Waals surface area contributed by atoms with Gasteiger partial charge in [0.2, 0.25) is 5.91 Å². The van der Waals surface area contributed by atoms with Crippen LogP contribution in [0.2, 0.25) is 0 Å². The minimum Gasteiger partial charge on any atom is -0.344 e. The maximum atomic E-state index is 14.2. The van der Waals surface area contributed by atoms with Crippen LogP contribution in [0.15, 0.2) is 29.4 Å². The van der Waals surface area contributed by atoms with Gasteiger partial charge in [-0.05, 0) is 25.0 Å². The molecule has 1 amide bonds. The van der Waals surface area contributed by atoms with E-state index in [0.29, 0.717) is 29.0 Å². The highest BCUT2D eigenvalue weighted by atomic mass is 32.2. The van der Waals surface area contributed by atoms with Crippen LogP contribution in [-0.2, 0) is 11.3 Å². The number of aromatic nitrogens is 3. The number of nitrogens with zero attached hydrogens (tertiary/aromatic N) is 3. The van der Waals surface area contributed by atoms with Gasteiger partial charge in [-0.2, -0.15) is 0 Å². The average molecular weight is 360 g/mol. The lowest BCUT2D eigenvalue weighted by Gasteiger charge is -2.15. The molecule has 0 bridgehead atoms. The summed E-state index contributed by atoms with van der Waals surface area (Å²) in [6.07, 6.45) is 5.16. The number of carbonyl (C=O) groups is 1. The molecule has 0 spiro atoms. The average Bonchev–Trinajstić information content (AvgIpc) is 2.94. The van der Waals surface area contributed by atoms with Gasteiger partial charge in [-0.25, -0.2) is 4.39 Å². The van der Waals surface area contributed by atoms with E-state index in [1.807, 2.05) is 4.57 Å². The first-order valence-electron chi connectivity index (χ1n) is 8.00. The van der Waals surface area contributed by atoms with E-state index in [0.717, 1.165) is 0 Å². The van der Waals surface area contributed by atoms with Gasteiger partial charge in [0.25, 0.3) is 0 Å². The highest BCUT2D eigenvalue weighted by molar-refractivity contribution is 8.00. The highest BCUT2D eigenvalue weighted by Gasteiger charge is 2.22. The smallest absolute Gasteiger partial charge is 0.234 e. The summed E-state index contributed by atoms with van der Waals surface area (Å²) in [6, 6.07) is 6.46. The molecule has 2 rings (SSSR count). The van der Waals surface area contributed by atoms with Crippen LogP contribution in [0.3, 0.4) is 0 Å². The van der Waals surface area contributed by atoms with Crippen molar-refractivity contribution in [1.82, 2.24) is 20.1 Å². The van der Waals surface area contributed by atoms with Gasteiger partial charge in [0.15, 0.2) is 11.0 Å². The Morgan fingerprint density at radius 2 is 2.08 bits per heavy atom. The second-order valence-electron chi connectivity index (χ2n) is 5.97. The number of rotatable bonds is 7. The molecule has 0 aliphatic rings. The fourth-order valence-electron chi connectivity index (χ4n) is 2.24. The topological polar surface area (TPSA) is 59.8 Å². The first kappa shape index (κ1) is 19.0. The number of nitrogens with one attached hydrogen (secondary N) is 1. The molecular formula is C18H21FN4OS. The van der Waals surface area contributed by atoms with Gasteiger partial charge in [0, 0.05) is 6.54 Å². The Morgan fingerprint density at radius 1 is 1.36 bits per heavy atom. The van der Waals surface area contributed by atoms with Gasteiger partial charge >= 0.3 is 0 Å². The molecule has 0 aliphatic heterocycles. The van der Waals surface area contributed by atoms with E-state index < -0.39 is 5.25 Å². The van der Waals surface area contributed by atoms with Crippen LogP contribution in [0.1, 0.15) is 20.8 Å². The highest BCUT2D eigenvalue weighted by Crippen LogP contribution is 2.29. The Hall–Kier alpha value is -2.33. The van der Waals surface area contributed by atoms with E-state index >= 15 is 0 Å². The SMILES string of the molecule is C#CCNC(=O)C(C)Sc1nnc(-c2ccccc2F)n1CC(C)C. The van der Waals surface area contributed by atoms with Crippen molar-refractivity contribution in [2.75, 3.05) is 6.54 Å². The fraction of sp³-hybridized carbons (Fsp3) is 0.389. The summed E-state index contributed by atoms with van der Waals surface area (Å²) in [4.78, 5) is 12.0. The summed E-state index contributed by atoms with van der Waals surface area (Å²) in [5.74, 6) is 2.62. The Balaban J connectivity index is 2.32. The van der Waals surface area contributed by atoms with Crippen molar-refractivity contribution < 1.29 is 9.18 Å². The molecule has 132 valence electrons. The van der Waals surface area contributed by atoms with Crippen molar-refractivity contribution in [3.8, 4) is 23.7 Å². The van der Waals surface area contributed by atoms with Crippen molar-refractivity contribution in [3.63, 3.8) is 0 Å². The van der Waals surface area contributed by atoms with E-state index in [1.54, 1.807) is 25.1 Å². The molecule has 1 heterocycles. The lowest BCUT2D eigenvalue weighted by Crippen LogP contribution is -2.31. The number of carbonyl (C=O) groups excluding carboxylic acids is 1. The van der Waals surface area contributed by atoms with Crippen LogP contribution in [-0.4, -0.2) is 32.5 Å². The summed E-state index contributed by atoms with van der Waals surface area (Å²) < 4.78 is 16.0. The molecule has 7 heteroatoms. The van der Waals surface area contributed by atoms with Crippen molar-refractivity contribution in [1.29, 1.82) is 0 Å². The largest absolute Gasteiger partial charge is 0.344 e. The minimum atomic E-state index is -0.392. The summed E-state index contributed by atoms with van der Waals surface area (Å²) in [5, 5.41) is 11.2. The Kier molecular flexibility index (Phi) is 6.59. The molecule has 2 aromatic rings. The third-order valence-electron chi connectivity index (χ3n) is 3.40. The molecule has 1 atom stereocenters. The van der Waals surface area contributed by atoms with E-state index in [-0.39, 0.29) is 18.3 Å². The fourth-order valence-corrected chi connectivity index (χ4v) is 3.12. The maximum Gasteiger partial charge on any atom is 0.234 e. The zero-order chi connectivity index (χ0) is 18.4. The van der Waals surface area contributed by atoms with Crippen molar-refractivity contribution >= 4 is 17.7 Å². The second kappa shape index (κ2) is 8.67. The molecule has 5 nitrogen and oxygen atoms in total. The molecule has 1 aromatic heterocycles. The zero-order valence-corrected chi connectivity index (χ0v) is 15.3. The Bertz CT molecular complexity index is 782. The van der Waals surface area contributed by atoms with Crippen molar-refractivity contribution in [2.24, 2.45) is 5.92 Å². The molecule has 25 heavy (non-hydrogen) atoms. The number of thioether (sulfide) groups is 1. The van der Waals surface area contributed by atoms with Crippen LogP contribution >= 0.6 is 11.8 Å². The first-order chi connectivity index (χ1) is 11.9. The van der Waals surface area contributed by atoms with Crippen LogP contribution < -0.4 is 5.32 Å². The quantitative estimate of drug-likeness (QED) is 0.609. The summed E-state index contributed by atoms with van der Waals surface area (Å²) >= 11 is 1.28. The van der Waals surface area contributed by atoms with E-state index in [9.17, 15) is 9.18 Å². The van der Waals surface area contributed by atoms with Crippen LogP contribution in [0.5, 0.6) is 0 Å². The maximum absolute atomic E-state index is 14.2. The zero-order valence-electron chi connectivity index (χ0n) is 14.5. The Morgan fingerprint density at radius 3 is 2.72 bits per heavy atom. The van der Waals surface area contributed by atoms with E-state index in [4.69, 9.17) is 6.42 Å². The Labute approximate surface area is 151 Å². The van der Waals surface area contributed by atoms with Crippen LogP contribution in [0.25, 0.3) is 11.4 Å². The molecule has 0 saturated heterocycles. The van der Waals surface area contributed by atoms with E-state index in [1.165, 1.54) is 17.8 Å². The van der Waals surface area contributed by atoms with Gasteiger partial charge in [-0.15, -0.1) is 16.6 Å². The second-order valence-corrected chi connectivity index (χ2v) is 7.28. The van der Waals surface area contributed by atoms with E-state index in [2.05, 4.69) is 35.3 Å². The third-order valence-corrected chi connectivity index (χ3v) is 4.48. The number of halogens is 1. The summed E-state index contributed by atoms with van der Waals surface area (Å²) in [6.45, 7) is 6.69. The molecule has 1 N–H and O–H groups in total. The van der Waals surface area contributed by atoms with Crippen LogP contribution in [0, 0.1) is 24.1 Å².